The van der Waals surface area contributed by atoms with Gasteiger partial charge in [0.25, 0.3) is 5.91 Å². The van der Waals surface area contributed by atoms with E-state index in [-0.39, 0.29) is 17.1 Å². The Hall–Kier alpha value is -3.02. The summed E-state index contributed by atoms with van der Waals surface area (Å²) in [6.07, 6.45) is 2.54. The molecule has 0 bridgehead atoms. The Morgan fingerprint density at radius 2 is 2.00 bits per heavy atom. The van der Waals surface area contributed by atoms with Crippen molar-refractivity contribution in [2.24, 2.45) is 0 Å². The SMILES string of the molecule is Cc1ccc(NCCCNC(=O)c2ccc3cccc(F)c3n2)nc1. The van der Waals surface area contributed by atoms with E-state index in [4.69, 9.17) is 0 Å². The number of anilines is 1. The van der Waals surface area contributed by atoms with Crippen molar-refractivity contribution in [1.29, 1.82) is 0 Å². The van der Waals surface area contributed by atoms with Gasteiger partial charge in [-0.3, -0.25) is 4.79 Å². The summed E-state index contributed by atoms with van der Waals surface area (Å²) in [5, 5.41) is 6.66. The van der Waals surface area contributed by atoms with Crippen molar-refractivity contribution in [3.05, 3.63) is 65.7 Å². The average molecular weight is 338 g/mol. The fourth-order valence-corrected chi connectivity index (χ4v) is 2.41. The lowest BCUT2D eigenvalue weighted by Crippen LogP contribution is -2.26. The van der Waals surface area contributed by atoms with Gasteiger partial charge in [0.15, 0.2) is 0 Å². The van der Waals surface area contributed by atoms with Crippen molar-refractivity contribution in [3.63, 3.8) is 0 Å². The molecule has 0 spiro atoms. The largest absolute Gasteiger partial charge is 0.370 e. The fourth-order valence-electron chi connectivity index (χ4n) is 2.41. The molecule has 6 heteroatoms. The van der Waals surface area contributed by atoms with Crippen LogP contribution in [-0.2, 0) is 0 Å². The molecule has 3 rings (SSSR count). The molecule has 0 fully saturated rings. The monoisotopic (exact) mass is 338 g/mol. The zero-order valence-corrected chi connectivity index (χ0v) is 13.9. The van der Waals surface area contributed by atoms with Crippen LogP contribution < -0.4 is 10.6 Å². The van der Waals surface area contributed by atoms with Gasteiger partial charge < -0.3 is 10.6 Å². The molecule has 0 saturated carbocycles. The first kappa shape index (κ1) is 16.8. The highest BCUT2D eigenvalue weighted by Gasteiger charge is 2.09. The normalized spacial score (nSPS) is 10.6. The van der Waals surface area contributed by atoms with E-state index >= 15 is 0 Å². The predicted octanol–water partition coefficient (Wildman–Crippen LogP) is 3.31. The average Bonchev–Trinajstić information content (AvgIpc) is 2.63. The molecular formula is C19H19FN4O. The van der Waals surface area contributed by atoms with Crippen LogP contribution in [0.25, 0.3) is 10.9 Å². The van der Waals surface area contributed by atoms with Crippen LogP contribution in [0, 0.1) is 12.7 Å². The lowest BCUT2D eigenvalue weighted by molar-refractivity contribution is 0.0949. The number of nitrogens with one attached hydrogen (secondary N) is 2. The standard InChI is InChI=1S/C19H19FN4O/c1-13-6-9-17(23-12-13)21-10-3-11-22-19(25)16-8-7-14-4-2-5-15(20)18(14)24-16/h2,4-9,12H,3,10-11H2,1H3,(H,21,23)(H,22,25). The molecular weight excluding hydrogens is 319 g/mol. The second kappa shape index (κ2) is 7.70. The third-order valence-corrected chi connectivity index (χ3v) is 3.76. The van der Waals surface area contributed by atoms with Crippen LogP contribution in [0.4, 0.5) is 10.2 Å². The molecule has 128 valence electrons. The number of pyridine rings is 2. The van der Waals surface area contributed by atoms with E-state index in [9.17, 15) is 9.18 Å². The lowest BCUT2D eigenvalue weighted by atomic mass is 10.2. The van der Waals surface area contributed by atoms with E-state index in [1.807, 2.05) is 19.1 Å². The lowest BCUT2D eigenvalue weighted by Gasteiger charge is -2.08. The molecule has 0 aliphatic rings. The summed E-state index contributed by atoms with van der Waals surface area (Å²) in [5.74, 6) is 0.0733. The molecule has 2 heterocycles. The van der Waals surface area contributed by atoms with Gasteiger partial charge in [0, 0.05) is 24.7 Å². The predicted molar refractivity (Wildman–Crippen MR) is 96.1 cm³/mol. The van der Waals surface area contributed by atoms with Gasteiger partial charge in [0.2, 0.25) is 0 Å². The van der Waals surface area contributed by atoms with Crippen LogP contribution in [0.5, 0.6) is 0 Å². The maximum absolute atomic E-state index is 13.8. The summed E-state index contributed by atoms with van der Waals surface area (Å²) in [4.78, 5) is 20.5. The Morgan fingerprint density at radius 1 is 1.12 bits per heavy atom. The molecule has 3 aromatic rings. The summed E-state index contributed by atoms with van der Waals surface area (Å²) in [5.41, 5.74) is 1.53. The highest BCUT2D eigenvalue weighted by atomic mass is 19.1. The van der Waals surface area contributed by atoms with Gasteiger partial charge in [-0.1, -0.05) is 24.3 Å². The van der Waals surface area contributed by atoms with Crippen molar-refractivity contribution in [3.8, 4) is 0 Å². The number of amides is 1. The van der Waals surface area contributed by atoms with Crippen molar-refractivity contribution < 1.29 is 9.18 Å². The number of aromatic nitrogens is 2. The Labute approximate surface area is 145 Å². The van der Waals surface area contributed by atoms with Gasteiger partial charge in [0.05, 0.1) is 0 Å². The zero-order valence-electron chi connectivity index (χ0n) is 13.9. The maximum atomic E-state index is 13.8. The number of carbonyl (C=O) groups excluding carboxylic acids is 1. The first-order chi connectivity index (χ1) is 12.1. The number of hydrogen-bond acceptors (Lipinski definition) is 4. The molecule has 5 nitrogen and oxygen atoms in total. The van der Waals surface area contributed by atoms with Crippen molar-refractivity contribution in [2.45, 2.75) is 13.3 Å². The van der Waals surface area contributed by atoms with E-state index in [2.05, 4.69) is 20.6 Å². The van der Waals surface area contributed by atoms with Gasteiger partial charge in [-0.15, -0.1) is 0 Å². The molecule has 1 aromatic carbocycles. The second-order valence-electron chi connectivity index (χ2n) is 5.77. The van der Waals surface area contributed by atoms with Gasteiger partial charge in [-0.25, -0.2) is 14.4 Å². The highest BCUT2D eigenvalue weighted by Crippen LogP contribution is 2.15. The highest BCUT2D eigenvalue weighted by molar-refractivity contribution is 5.94. The molecule has 2 N–H and O–H groups in total. The third-order valence-electron chi connectivity index (χ3n) is 3.76. The Kier molecular flexibility index (Phi) is 5.18. The number of hydrogen-bond donors (Lipinski definition) is 2. The Balaban J connectivity index is 1.49. The molecule has 0 aliphatic heterocycles. The summed E-state index contributed by atoms with van der Waals surface area (Å²) in [7, 11) is 0. The molecule has 0 saturated heterocycles. The summed E-state index contributed by atoms with van der Waals surface area (Å²) >= 11 is 0. The van der Waals surface area contributed by atoms with E-state index in [1.165, 1.54) is 6.07 Å². The number of fused-ring (bicyclic) bond motifs is 1. The number of rotatable bonds is 6. The number of benzene rings is 1. The van der Waals surface area contributed by atoms with Crippen LogP contribution >= 0.6 is 0 Å². The van der Waals surface area contributed by atoms with E-state index in [1.54, 1.807) is 30.5 Å². The number of carbonyl (C=O) groups is 1. The smallest absolute Gasteiger partial charge is 0.269 e. The van der Waals surface area contributed by atoms with Crippen LogP contribution in [0.15, 0.2) is 48.7 Å². The van der Waals surface area contributed by atoms with Crippen molar-refractivity contribution in [1.82, 2.24) is 15.3 Å². The van der Waals surface area contributed by atoms with Crippen LogP contribution in [0.1, 0.15) is 22.5 Å². The molecule has 25 heavy (non-hydrogen) atoms. The van der Waals surface area contributed by atoms with E-state index < -0.39 is 5.82 Å². The molecule has 0 aliphatic carbocycles. The van der Waals surface area contributed by atoms with Gasteiger partial charge in [0.1, 0.15) is 22.8 Å². The first-order valence-corrected chi connectivity index (χ1v) is 8.13. The Bertz CT molecular complexity index is 880. The molecule has 0 radical (unpaired) electrons. The van der Waals surface area contributed by atoms with Crippen molar-refractivity contribution in [2.75, 3.05) is 18.4 Å². The van der Waals surface area contributed by atoms with Crippen LogP contribution in [0.3, 0.4) is 0 Å². The number of para-hydroxylation sites is 1. The zero-order chi connectivity index (χ0) is 17.6. The molecule has 0 unspecified atom stereocenters. The minimum Gasteiger partial charge on any atom is -0.370 e. The molecule has 2 aromatic heterocycles. The summed E-state index contributed by atoms with van der Waals surface area (Å²) < 4.78 is 13.8. The molecule has 1 amide bonds. The number of halogens is 1. The fraction of sp³-hybridized carbons (Fsp3) is 0.211. The first-order valence-electron chi connectivity index (χ1n) is 8.13. The summed E-state index contributed by atoms with van der Waals surface area (Å²) in [6, 6.07) is 11.9. The van der Waals surface area contributed by atoms with E-state index in [0.717, 1.165) is 17.8 Å². The van der Waals surface area contributed by atoms with Crippen LogP contribution in [0.2, 0.25) is 0 Å². The third kappa shape index (κ3) is 4.29. The maximum Gasteiger partial charge on any atom is 0.269 e. The van der Waals surface area contributed by atoms with E-state index in [0.29, 0.717) is 18.5 Å². The molecule has 0 atom stereocenters. The van der Waals surface area contributed by atoms with Crippen LogP contribution in [-0.4, -0.2) is 29.0 Å². The van der Waals surface area contributed by atoms with Gasteiger partial charge in [-0.05, 0) is 37.1 Å². The van der Waals surface area contributed by atoms with Gasteiger partial charge in [-0.2, -0.15) is 0 Å². The quantitative estimate of drug-likeness (QED) is 0.677. The minimum atomic E-state index is -0.429. The topological polar surface area (TPSA) is 66.9 Å². The number of aryl methyl sites for hydroxylation is 1. The van der Waals surface area contributed by atoms with Gasteiger partial charge >= 0.3 is 0 Å². The number of nitrogens with zero attached hydrogens (tertiary/aromatic N) is 2. The Morgan fingerprint density at radius 3 is 2.80 bits per heavy atom. The second-order valence-corrected chi connectivity index (χ2v) is 5.77. The van der Waals surface area contributed by atoms with Crippen molar-refractivity contribution >= 4 is 22.6 Å². The minimum absolute atomic E-state index is 0.210. The summed E-state index contributed by atoms with van der Waals surface area (Å²) in [6.45, 7) is 3.17.